The Kier molecular flexibility index (Phi) is 3.55. The van der Waals surface area contributed by atoms with Crippen molar-refractivity contribution in [2.75, 3.05) is 6.61 Å². The quantitative estimate of drug-likeness (QED) is 0.732. The van der Waals surface area contributed by atoms with E-state index in [0.717, 1.165) is 5.56 Å². The minimum atomic E-state index is -3.71. The van der Waals surface area contributed by atoms with Crippen molar-refractivity contribution in [1.29, 1.82) is 0 Å². The first-order valence-electron chi connectivity index (χ1n) is 4.94. The highest BCUT2D eigenvalue weighted by atomic mass is 32.2. The molecule has 0 bridgehead atoms. The molecular weight excluding hydrogens is 232 g/mol. The molecule has 88 valence electrons. The maximum atomic E-state index is 11.6. The Balaban J connectivity index is 2.13. The van der Waals surface area contributed by atoms with Gasteiger partial charge in [-0.3, -0.25) is 0 Å². The van der Waals surface area contributed by atoms with Crippen molar-refractivity contribution in [3.05, 3.63) is 35.9 Å². The van der Waals surface area contributed by atoms with Gasteiger partial charge in [0.05, 0.1) is 11.9 Å². The van der Waals surface area contributed by atoms with Crippen molar-refractivity contribution in [3.63, 3.8) is 0 Å². The van der Waals surface area contributed by atoms with E-state index in [1.54, 1.807) is 0 Å². The van der Waals surface area contributed by atoms with Crippen LogP contribution < -0.4 is 0 Å². The van der Waals surface area contributed by atoms with E-state index in [1.165, 1.54) is 0 Å². The number of hydrogen-bond acceptors (Lipinski definition) is 5. The fourth-order valence-corrected chi connectivity index (χ4v) is 2.56. The van der Waals surface area contributed by atoms with E-state index < -0.39 is 15.4 Å². The van der Waals surface area contributed by atoms with Crippen LogP contribution in [0.3, 0.4) is 0 Å². The maximum Gasteiger partial charge on any atom is 0.299 e. The molecule has 1 aromatic carbocycles. The lowest BCUT2D eigenvalue weighted by Crippen LogP contribution is -2.24. The molecule has 1 atom stereocenters. The van der Waals surface area contributed by atoms with Gasteiger partial charge in [0.1, 0.15) is 0 Å². The lowest BCUT2D eigenvalue weighted by Gasteiger charge is -2.11. The predicted molar refractivity (Wildman–Crippen MR) is 55.6 cm³/mol. The highest BCUT2D eigenvalue weighted by molar-refractivity contribution is 7.87. The first-order valence-corrected chi connectivity index (χ1v) is 6.41. The highest BCUT2D eigenvalue weighted by Crippen LogP contribution is 2.18. The van der Waals surface area contributed by atoms with E-state index in [1.807, 2.05) is 30.3 Å². The average Bonchev–Trinajstić information content (AvgIpc) is 2.43. The first kappa shape index (κ1) is 11.5. The summed E-state index contributed by atoms with van der Waals surface area (Å²) in [5.41, 5.74) is 0.946. The molecule has 1 aliphatic heterocycles. The zero-order chi connectivity index (χ0) is 11.4. The van der Waals surface area contributed by atoms with Gasteiger partial charge in [-0.1, -0.05) is 39.7 Å². The normalized spacial score (nSPS) is 24.9. The second kappa shape index (κ2) is 4.92. The Bertz CT molecular complexity index is 428. The molecule has 0 spiro atoms. The lowest BCUT2D eigenvalue weighted by molar-refractivity contribution is -0.461. The van der Waals surface area contributed by atoms with Gasteiger partial charge < -0.3 is 0 Å². The summed E-state index contributed by atoms with van der Waals surface area (Å²) in [7, 11) is -3.71. The molecule has 1 heterocycles. The minimum Gasteiger partial charge on any atom is -0.205 e. The smallest absolute Gasteiger partial charge is 0.205 e. The largest absolute Gasteiger partial charge is 0.299 e. The minimum absolute atomic E-state index is 0.205. The van der Waals surface area contributed by atoms with Crippen molar-refractivity contribution in [2.24, 2.45) is 0 Å². The summed E-state index contributed by atoms with van der Waals surface area (Å²) < 4.78 is 27.4. The predicted octanol–water partition coefficient (Wildman–Crippen LogP) is 1.21. The average molecular weight is 244 g/mol. The fraction of sp³-hybridized carbons (Fsp3) is 0.400. The van der Waals surface area contributed by atoms with Crippen molar-refractivity contribution in [1.82, 2.24) is 0 Å². The van der Waals surface area contributed by atoms with Gasteiger partial charge in [0.25, 0.3) is 10.1 Å². The molecule has 1 fully saturated rings. The number of rotatable bonds is 2. The summed E-state index contributed by atoms with van der Waals surface area (Å²) in [6.45, 7) is 0.205. The molecule has 1 aromatic rings. The second-order valence-electron chi connectivity index (χ2n) is 3.55. The Morgan fingerprint density at radius 2 is 2.00 bits per heavy atom. The van der Waals surface area contributed by atoms with Crippen molar-refractivity contribution >= 4 is 10.1 Å². The van der Waals surface area contributed by atoms with Crippen LogP contribution >= 0.6 is 0 Å². The van der Waals surface area contributed by atoms with E-state index in [4.69, 9.17) is 0 Å². The first-order chi connectivity index (χ1) is 7.68. The molecule has 6 heteroatoms. The summed E-state index contributed by atoms with van der Waals surface area (Å²) in [4.78, 5) is 4.50. The van der Waals surface area contributed by atoms with Crippen LogP contribution in [-0.2, 0) is 30.8 Å². The van der Waals surface area contributed by atoms with Crippen molar-refractivity contribution in [3.8, 4) is 0 Å². The summed E-state index contributed by atoms with van der Waals surface area (Å²) >= 11 is 0. The molecule has 1 aliphatic rings. The fourth-order valence-electron chi connectivity index (χ4n) is 1.55. The molecule has 0 radical (unpaired) electrons. The SMILES string of the molecule is O=S1(=O)OOOCCC1Cc1ccccc1. The van der Waals surface area contributed by atoms with E-state index in [-0.39, 0.29) is 6.61 Å². The number of hydrogen-bond donors (Lipinski definition) is 0. The highest BCUT2D eigenvalue weighted by Gasteiger charge is 2.30. The van der Waals surface area contributed by atoms with E-state index in [0.29, 0.717) is 12.8 Å². The van der Waals surface area contributed by atoms with Crippen LogP contribution in [0.4, 0.5) is 0 Å². The van der Waals surface area contributed by atoms with E-state index in [9.17, 15) is 8.42 Å². The molecule has 0 N–H and O–H groups in total. The second-order valence-corrected chi connectivity index (χ2v) is 5.34. The van der Waals surface area contributed by atoms with Gasteiger partial charge in [-0.15, -0.1) is 0 Å². The molecule has 5 nitrogen and oxygen atoms in total. The van der Waals surface area contributed by atoms with Gasteiger partial charge in [0.15, 0.2) is 0 Å². The third kappa shape index (κ3) is 2.79. The van der Waals surface area contributed by atoms with Gasteiger partial charge in [0, 0.05) is 0 Å². The Morgan fingerprint density at radius 3 is 2.75 bits per heavy atom. The molecule has 0 aromatic heterocycles. The molecule has 1 saturated heterocycles. The molecule has 1 unspecified atom stereocenters. The van der Waals surface area contributed by atoms with E-state index in [2.05, 4.69) is 14.3 Å². The van der Waals surface area contributed by atoms with Crippen LogP contribution in [0.25, 0.3) is 0 Å². The van der Waals surface area contributed by atoms with Gasteiger partial charge in [0.2, 0.25) is 0 Å². The van der Waals surface area contributed by atoms with Gasteiger partial charge >= 0.3 is 0 Å². The van der Waals surface area contributed by atoms with Crippen molar-refractivity contribution < 1.29 is 22.7 Å². The van der Waals surface area contributed by atoms with Crippen LogP contribution in [-0.4, -0.2) is 20.3 Å². The van der Waals surface area contributed by atoms with Gasteiger partial charge in [-0.25, -0.2) is 4.89 Å². The maximum absolute atomic E-state index is 11.6. The van der Waals surface area contributed by atoms with Gasteiger partial charge in [-0.2, -0.15) is 8.42 Å². The summed E-state index contributed by atoms with van der Waals surface area (Å²) in [6.07, 6.45) is 0.757. The Hall–Kier alpha value is -0.950. The Labute approximate surface area is 93.9 Å². The standard InChI is InChI=1S/C10H12O5S/c11-16(12)10(6-7-13-14-15-16)8-9-4-2-1-3-5-9/h1-5,10H,6-8H2. The molecule has 0 aliphatic carbocycles. The van der Waals surface area contributed by atoms with E-state index >= 15 is 0 Å². The van der Waals surface area contributed by atoms with Crippen molar-refractivity contribution in [2.45, 2.75) is 18.1 Å². The molecule has 0 amide bonds. The molecule has 2 rings (SSSR count). The summed E-state index contributed by atoms with van der Waals surface area (Å²) in [5.74, 6) is 0. The van der Waals surface area contributed by atoms with Crippen LogP contribution in [0, 0.1) is 0 Å². The molecular formula is C10H12O5S. The number of benzene rings is 1. The summed E-state index contributed by atoms with van der Waals surface area (Å²) in [5, 5.41) is 3.46. The topological polar surface area (TPSA) is 61.8 Å². The lowest BCUT2D eigenvalue weighted by atomic mass is 10.1. The van der Waals surface area contributed by atoms with Gasteiger partial charge in [-0.05, 0) is 18.4 Å². The zero-order valence-corrected chi connectivity index (χ0v) is 9.35. The Morgan fingerprint density at radius 1 is 1.25 bits per heavy atom. The van der Waals surface area contributed by atoms with Crippen LogP contribution in [0.5, 0.6) is 0 Å². The van der Waals surface area contributed by atoms with Crippen LogP contribution in [0.1, 0.15) is 12.0 Å². The third-order valence-electron chi connectivity index (χ3n) is 2.41. The van der Waals surface area contributed by atoms with Crippen LogP contribution in [0.15, 0.2) is 30.3 Å². The zero-order valence-electron chi connectivity index (χ0n) is 8.53. The molecule has 0 saturated carbocycles. The summed E-state index contributed by atoms with van der Waals surface area (Å²) in [6, 6.07) is 9.37. The monoisotopic (exact) mass is 244 g/mol. The van der Waals surface area contributed by atoms with Crippen LogP contribution in [0.2, 0.25) is 0 Å². The third-order valence-corrected chi connectivity index (χ3v) is 3.87. The molecule has 16 heavy (non-hydrogen) atoms.